The summed E-state index contributed by atoms with van der Waals surface area (Å²) in [6, 6.07) is 0. The second-order valence-corrected chi connectivity index (χ2v) is 6.14. The van der Waals surface area contributed by atoms with Crippen LogP contribution in [0.1, 0.15) is 77.6 Å². The number of esters is 1. The van der Waals surface area contributed by atoms with Gasteiger partial charge in [0.1, 0.15) is 5.76 Å². The number of hydrogen-bond acceptors (Lipinski definition) is 3. The van der Waals surface area contributed by atoms with Crippen LogP contribution in [0.15, 0.2) is 24.0 Å². The van der Waals surface area contributed by atoms with Gasteiger partial charge in [-0.1, -0.05) is 57.1 Å². The number of allylic oxidation sites excluding steroid dienone is 3. The number of nitrogens with one attached hydrogen (secondary N) is 1. The van der Waals surface area contributed by atoms with Crippen LogP contribution in [-0.2, 0) is 14.3 Å². The highest BCUT2D eigenvalue weighted by molar-refractivity contribution is 5.77. The van der Waals surface area contributed by atoms with Crippen molar-refractivity contribution in [2.75, 3.05) is 6.54 Å². The zero-order valence-electron chi connectivity index (χ0n) is 14.4. The SMILES string of the molecule is CC(=O)O/C1=C\C=C/CC(=O)NCCCCCCCCCCC1. The van der Waals surface area contributed by atoms with E-state index in [0.717, 1.165) is 25.8 Å². The molecule has 4 heteroatoms. The Bertz CT molecular complexity index is 413. The van der Waals surface area contributed by atoms with Gasteiger partial charge in [0.2, 0.25) is 5.91 Å². The van der Waals surface area contributed by atoms with Crippen LogP contribution in [0.2, 0.25) is 0 Å². The third kappa shape index (κ3) is 11.6. The zero-order chi connectivity index (χ0) is 16.8. The van der Waals surface area contributed by atoms with Gasteiger partial charge in [0, 0.05) is 26.3 Å². The summed E-state index contributed by atoms with van der Waals surface area (Å²) >= 11 is 0. The van der Waals surface area contributed by atoms with E-state index in [1.54, 1.807) is 12.2 Å². The van der Waals surface area contributed by atoms with Gasteiger partial charge in [0.05, 0.1) is 0 Å². The monoisotopic (exact) mass is 321 g/mol. The molecule has 1 heterocycles. The molecule has 0 saturated carbocycles. The first-order valence-corrected chi connectivity index (χ1v) is 8.99. The van der Waals surface area contributed by atoms with Crippen molar-refractivity contribution < 1.29 is 14.3 Å². The van der Waals surface area contributed by atoms with Gasteiger partial charge in [-0.2, -0.15) is 0 Å². The molecule has 0 radical (unpaired) electrons. The van der Waals surface area contributed by atoms with Crippen molar-refractivity contribution in [3.63, 3.8) is 0 Å². The van der Waals surface area contributed by atoms with Gasteiger partial charge in [0.15, 0.2) is 0 Å². The number of amides is 1. The summed E-state index contributed by atoms with van der Waals surface area (Å²) < 4.78 is 5.23. The van der Waals surface area contributed by atoms with Gasteiger partial charge in [-0.15, -0.1) is 0 Å². The fourth-order valence-corrected chi connectivity index (χ4v) is 2.67. The number of rotatable bonds is 1. The molecular formula is C19H31NO3. The lowest BCUT2D eigenvalue weighted by atomic mass is 10.1. The first kappa shape index (κ1) is 19.5. The quantitative estimate of drug-likeness (QED) is 0.728. The summed E-state index contributed by atoms with van der Waals surface area (Å²) in [7, 11) is 0. The molecule has 4 nitrogen and oxygen atoms in total. The predicted octanol–water partition coefficient (Wildman–Crippen LogP) is 4.41. The molecule has 130 valence electrons. The minimum absolute atomic E-state index is 0.0461. The van der Waals surface area contributed by atoms with Crippen molar-refractivity contribution in [2.24, 2.45) is 0 Å². The summed E-state index contributed by atoms with van der Waals surface area (Å²) in [5, 5.41) is 2.93. The topological polar surface area (TPSA) is 55.4 Å². The van der Waals surface area contributed by atoms with Crippen molar-refractivity contribution in [3.8, 4) is 0 Å². The van der Waals surface area contributed by atoms with E-state index in [1.807, 2.05) is 6.08 Å². The molecule has 0 aromatic heterocycles. The van der Waals surface area contributed by atoms with Gasteiger partial charge in [-0.3, -0.25) is 9.59 Å². The molecule has 1 amide bonds. The maximum absolute atomic E-state index is 11.7. The van der Waals surface area contributed by atoms with Crippen LogP contribution in [0, 0.1) is 0 Å². The van der Waals surface area contributed by atoms with Crippen molar-refractivity contribution in [1.29, 1.82) is 0 Å². The van der Waals surface area contributed by atoms with Crippen LogP contribution in [0.5, 0.6) is 0 Å². The third-order valence-corrected chi connectivity index (χ3v) is 3.92. The van der Waals surface area contributed by atoms with Gasteiger partial charge in [-0.25, -0.2) is 0 Å². The Kier molecular flexibility index (Phi) is 10.9. The minimum atomic E-state index is -0.287. The van der Waals surface area contributed by atoms with Crippen molar-refractivity contribution in [3.05, 3.63) is 24.0 Å². The first-order chi connectivity index (χ1) is 11.2. The predicted molar refractivity (Wildman–Crippen MR) is 92.8 cm³/mol. The minimum Gasteiger partial charge on any atom is -0.431 e. The average molecular weight is 321 g/mol. The molecule has 0 unspecified atom stereocenters. The van der Waals surface area contributed by atoms with Gasteiger partial charge in [-0.05, 0) is 18.9 Å². The lowest BCUT2D eigenvalue weighted by Gasteiger charge is -2.07. The second kappa shape index (κ2) is 12.9. The molecule has 1 rings (SSSR count). The largest absolute Gasteiger partial charge is 0.431 e. The summed E-state index contributed by atoms with van der Waals surface area (Å²) in [4.78, 5) is 22.8. The number of carbonyl (C=O) groups is 2. The summed E-state index contributed by atoms with van der Waals surface area (Å²) in [6.45, 7) is 2.19. The summed E-state index contributed by atoms with van der Waals surface area (Å²) in [5.41, 5.74) is 0. The summed E-state index contributed by atoms with van der Waals surface area (Å²) in [6.07, 6.45) is 17.4. The lowest BCUT2D eigenvalue weighted by Crippen LogP contribution is -2.23. The van der Waals surface area contributed by atoms with Gasteiger partial charge < -0.3 is 10.1 Å². The Labute approximate surface area is 140 Å². The van der Waals surface area contributed by atoms with Gasteiger partial charge in [0.25, 0.3) is 0 Å². The molecule has 0 fully saturated rings. The normalized spacial score (nSPS) is 23.5. The van der Waals surface area contributed by atoms with Crippen molar-refractivity contribution in [1.82, 2.24) is 5.32 Å². The van der Waals surface area contributed by atoms with E-state index in [4.69, 9.17) is 4.74 Å². The van der Waals surface area contributed by atoms with E-state index in [-0.39, 0.29) is 11.9 Å². The number of hydrogen-bond donors (Lipinski definition) is 1. The molecule has 0 aliphatic carbocycles. The van der Waals surface area contributed by atoms with Gasteiger partial charge >= 0.3 is 5.97 Å². The number of carbonyl (C=O) groups excluding carboxylic acids is 2. The van der Waals surface area contributed by atoms with Crippen LogP contribution in [0.4, 0.5) is 0 Å². The number of ether oxygens (including phenoxy) is 1. The van der Waals surface area contributed by atoms with E-state index in [0.29, 0.717) is 12.2 Å². The maximum Gasteiger partial charge on any atom is 0.307 e. The first-order valence-electron chi connectivity index (χ1n) is 8.99. The second-order valence-electron chi connectivity index (χ2n) is 6.14. The molecule has 0 atom stereocenters. The van der Waals surface area contributed by atoms with Crippen LogP contribution < -0.4 is 5.32 Å². The molecule has 0 aromatic rings. The molecule has 1 aliphatic heterocycles. The Balaban J connectivity index is 2.51. The molecule has 23 heavy (non-hydrogen) atoms. The van der Waals surface area contributed by atoms with E-state index in [1.165, 1.54) is 51.9 Å². The molecule has 1 aliphatic rings. The Morgan fingerprint density at radius 1 is 1.00 bits per heavy atom. The van der Waals surface area contributed by atoms with E-state index in [9.17, 15) is 9.59 Å². The molecule has 0 aromatic carbocycles. The zero-order valence-corrected chi connectivity index (χ0v) is 14.4. The fraction of sp³-hybridized carbons (Fsp3) is 0.684. The summed E-state index contributed by atoms with van der Waals surface area (Å²) in [5.74, 6) is 0.449. The highest BCUT2D eigenvalue weighted by Gasteiger charge is 2.02. The lowest BCUT2D eigenvalue weighted by molar-refractivity contribution is -0.137. The Morgan fingerprint density at radius 3 is 2.26 bits per heavy atom. The van der Waals surface area contributed by atoms with E-state index < -0.39 is 0 Å². The molecular weight excluding hydrogens is 290 g/mol. The highest BCUT2D eigenvalue weighted by Crippen LogP contribution is 2.14. The fourth-order valence-electron chi connectivity index (χ4n) is 2.67. The van der Waals surface area contributed by atoms with E-state index >= 15 is 0 Å². The van der Waals surface area contributed by atoms with Crippen LogP contribution >= 0.6 is 0 Å². The third-order valence-electron chi connectivity index (χ3n) is 3.92. The maximum atomic E-state index is 11.7. The molecule has 0 spiro atoms. The average Bonchev–Trinajstić information content (AvgIpc) is 2.51. The molecule has 0 bridgehead atoms. The smallest absolute Gasteiger partial charge is 0.307 e. The van der Waals surface area contributed by atoms with Crippen molar-refractivity contribution in [2.45, 2.75) is 77.6 Å². The van der Waals surface area contributed by atoms with E-state index in [2.05, 4.69) is 5.32 Å². The Morgan fingerprint density at radius 2 is 1.61 bits per heavy atom. The molecule has 1 N–H and O–H groups in total. The van der Waals surface area contributed by atoms with Crippen molar-refractivity contribution >= 4 is 11.9 Å². The van der Waals surface area contributed by atoms with Crippen LogP contribution in [0.3, 0.4) is 0 Å². The highest BCUT2D eigenvalue weighted by atomic mass is 16.5. The van der Waals surface area contributed by atoms with Crippen LogP contribution in [0.25, 0.3) is 0 Å². The standard InChI is InChI=1S/C19H31NO3/c1-17(21)23-18-13-9-7-5-3-2-4-6-8-12-16-20-19(22)15-11-10-14-18/h10-11,14H,2-9,12-13,15-16H2,1H3,(H,20,22)/b11-10-,18-14-. The Hall–Kier alpha value is -1.58. The van der Waals surface area contributed by atoms with Crippen LogP contribution in [-0.4, -0.2) is 18.4 Å². The molecule has 0 saturated heterocycles.